The monoisotopic (exact) mass is 265 g/mol. The molecule has 0 amide bonds. The van der Waals surface area contributed by atoms with Gasteiger partial charge in [-0.3, -0.25) is 10.1 Å². The Morgan fingerprint density at radius 1 is 1.58 bits per heavy atom. The van der Waals surface area contributed by atoms with Crippen LogP contribution in [0.1, 0.15) is 39.5 Å². The van der Waals surface area contributed by atoms with Crippen molar-refractivity contribution in [1.82, 2.24) is 9.97 Å². The molecule has 1 aliphatic carbocycles. The number of nitro groups is 1. The number of nitrogen functional groups attached to an aromatic ring is 1. The summed E-state index contributed by atoms with van der Waals surface area (Å²) in [6.45, 7) is 4.42. The molecule has 7 heteroatoms. The van der Waals surface area contributed by atoms with Crippen LogP contribution >= 0.6 is 0 Å². The molecule has 1 unspecified atom stereocenters. The second-order valence-corrected chi connectivity index (χ2v) is 5.82. The molecule has 1 heterocycles. The smallest absolute Gasteiger partial charge is 0.329 e. The van der Waals surface area contributed by atoms with Crippen LogP contribution in [0.15, 0.2) is 6.20 Å². The highest BCUT2D eigenvalue weighted by Crippen LogP contribution is 2.37. The van der Waals surface area contributed by atoms with Crippen molar-refractivity contribution < 1.29 is 4.92 Å². The maximum atomic E-state index is 10.9. The topological polar surface area (TPSA) is 107 Å². The first-order valence-electron chi connectivity index (χ1n) is 6.41. The molecule has 3 N–H and O–H groups in total. The lowest BCUT2D eigenvalue weighted by atomic mass is 9.75. The minimum atomic E-state index is -0.490. The van der Waals surface area contributed by atoms with Gasteiger partial charge in [-0.2, -0.15) is 4.98 Å². The summed E-state index contributed by atoms with van der Waals surface area (Å²) in [7, 11) is 0. The molecule has 1 atom stereocenters. The molecule has 1 aromatic rings. The van der Waals surface area contributed by atoms with E-state index in [-0.39, 0.29) is 28.9 Å². The van der Waals surface area contributed by atoms with Gasteiger partial charge in [-0.25, -0.2) is 4.98 Å². The fourth-order valence-electron chi connectivity index (χ4n) is 2.64. The third-order valence-electron chi connectivity index (χ3n) is 3.53. The first-order valence-corrected chi connectivity index (χ1v) is 6.41. The number of rotatable bonds is 3. The highest BCUT2D eigenvalue weighted by Gasteiger charge is 2.29. The lowest BCUT2D eigenvalue weighted by molar-refractivity contribution is -0.384. The fourth-order valence-corrected chi connectivity index (χ4v) is 2.64. The summed E-state index contributed by atoms with van der Waals surface area (Å²) < 4.78 is 0. The van der Waals surface area contributed by atoms with E-state index in [4.69, 9.17) is 5.73 Å². The van der Waals surface area contributed by atoms with Gasteiger partial charge in [0.15, 0.2) is 0 Å². The Morgan fingerprint density at radius 2 is 2.32 bits per heavy atom. The minimum Gasteiger partial charge on any atom is -0.368 e. The number of aromatic nitrogens is 2. The van der Waals surface area contributed by atoms with Crippen LogP contribution in [0.3, 0.4) is 0 Å². The second kappa shape index (κ2) is 4.99. The SMILES string of the molecule is CC1(C)CCCC(Nc2nc(N)ncc2[N+](=O)[O-])C1. The van der Waals surface area contributed by atoms with Crippen molar-refractivity contribution in [2.45, 2.75) is 45.6 Å². The largest absolute Gasteiger partial charge is 0.368 e. The summed E-state index contributed by atoms with van der Waals surface area (Å²) in [4.78, 5) is 18.1. The van der Waals surface area contributed by atoms with Gasteiger partial charge in [0, 0.05) is 6.04 Å². The van der Waals surface area contributed by atoms with Gasteiger partial charge in [0.2, 0.25) is 11.8 Å². The van der Waals surface area contributed by atoms with Crippen LogP contribution < -0.4 is 11.1 Å². The van der Waals surface area contributed by atoms with Gasteiger partial charge in [-0.15, -0.1) is 0 Å². The molecule has 19 heavy (non-hydrogen) atoms. The molecule has 1 aromatic heterocycles. The molecule has 2 rings (SSSR count). The van der Waals surface area contributed by atoms with Crippen molar-refractivity contribution in [2.24, 2.45) is 5.41 Å². The molecule has 0 spiro atoms. The van der Waals surface area contributed by atoms with Gasteiger partial charge >= 0.3 is 5.69 Å². The van der Waals surface area contributed by atoms with Crippen molar-refractivity contribution in [3.63, 3.8) is 0 Å². The summed E-state index contributed by atoms with van der Waals surface area (Å²) in [5.41, 5.74) is 5.63. The molecule has 0 bridgehead atoms. The molecule has 104 valence electrons. The van der Waals surface area contributed by atoms with Gasteiger partial charge in [0.1, 0.15) is 6.20 Å². The number of nitrogens with zero attached hydrogens (tertiary/aromatic N) is 3. The Bertz CT molecular complexity index is 489. The third kappa shape index (κ3) is 3.30. The molecule has 1 aliphatic rings. The van der Waals surface area contributed by atoms with Crippen LogP contribution in [0.4, 0.5) is 17.5 Å². The van der Waals surface area contributed by atoms with E-state index in [0.717, 1.165) is 25.5 Å². The molecule has 1 fully saturated rings. The van der Waals surface area contributed by atoms with E-state index in [9.17, 15) is 10.1 Å². The van der Waals surface area contributed by atoms with Crippen molar-refractivity contribution in [3.05, 3.63) is 16.3 Å². The average molecular weight is 265 g/mol. The van der Waals surface area contributed by atoms with Gasteiger partial charge in [0.05, 0.1) is 4.92 Å². The van der Waals surface area contributed by atoms with E-state index in [0.29, 0.717) is 0 Å². The van der Waals surface area contributed by atoms with E-state index in [1.165, 1.54) is 6.42 Å². The maximum Gasteiger partial charge on any atom is 0.329 e. The number of hydrogen-bond acceptors (Lipinski definition) is 6. The Hall–Kier alpha value is -1.92. The van der Waals surface area contributed by atoms with Crippen LogP contribution in [0.2, 0.25) is 0 Å². The van der Waals surface area contributed by atoms with E-state index < -0.39 is 4.92 Å². The highest BCUT2D eigenvalue weighted by molar-refractivity contribution is 5.56. The summed E-state index contributed by atoms with van der Waals surface area (Å²) in [5, 5.41) is 14.1. The van der Waals surface area contributed by atoms with Crippen molar-refractivity contribution in [3.8, 4) is 0 Å². The van der Waals surface area contributed by atoms with Crippen LogP contribution in [0, 0.1) is 15.5 Å². The zero-order valence-corrected chi connectivity index (χ0v) is 11.2. The second-order valence-electron chi connectivity index (χ2n) is 5.82. The van der Waals surface area contributed by atoms with Gasteiger partial charge in [0.25, 0.3) is 0 Å². The molecular weight excluding hydrogens is 246 g/mol. The first-order chi connectivity index (χ1) is 8.87. The van der Waals surface area contributed by atoms with Crippen LogP contribution in [-0.2, 0) is 0 Å². The molecular formula is C12H19N5O2. The Balaban J connectivity index is 2.18. The molecule has 0 radical (unpaired) electrons. The molecule has 1 saturated carbocycles. The lowest BCUT2D eigenvalue weighted by Crippen LogP contribution is -2.32. The summed E-state index contributed by atoms with van der Waals surface area (Å²) >= 11 is 0. The van der Waals surface area contributed by atoms with Crippen molar-refractivity contribution >= 4 is 17.5 Å². The van der Waals surface area contributed by atoms with Gasteiger partial charge in [-0.1, -0.05) is 20.3 Å². The van der Waals surface area contributed by atoms with E-state index in [2.05, 4.69) is 29.1 Å². The minimum absolute atomic E-state index is 0.0446. The number of anilines is 2. The fraction of sp³-hybridized carbons (Fsp3) is 0.667. The van der Waals surface area contributed by atoms with Crippen molar-refractivity contribution in [2.75, 3.05) is 11.1 Å². The first kappa shape index (κ1) is 13.5. The quantitative estimate of drug-likeness (QED) is 0.641. The van der Waals surface area contributed by atoms with E-state index in [1.54, 1.807) is 0 Å². The summed E-state index contributed by atoms with van der Waals surface area (Å²) in [6, 6.07) is 0.191. The highest BCUT2D eigenvalue weighted by atomic mass is 16.6. The number of nitrogens with two attached hydrogens (primary N) is 1. The predicted octanol–water partition coefficient (Wildman–Crippen LogP) is 2.35. The van der Waals surface area contributed by atoms with Crippen LogP contribution in [0.25, 0.3) is 0 Å². The van der Waals surface area contributed by atoms with E-state index >= 15 is 0 Å². The zero-order chi connectivity index (χ0) is 14.0. The summed E-state index contributed by atoms with van der Waals surface area (Å²) in [5.74, 6) is 0.267. The predicted molar refractivity (Wildman–Crippen MR) is 72.8 cm³/mol. The standard InChI is InChI=1S/C12H19N5O2/c1-12(2)5-3-4-8(6-12)15-10-9(17(18)19)7-14-11(13)16-10/h7-8H,3-6H2,1-2H3,(H3,13,14,15,16). The molecule has 0 saturated heterocycles. The Morgan fingerprint density at radius 3 is 2.95 bits per heavy atom. The van der Waals surface area contributed by atoms with Crippen LogP contribution in [0.5, 0.6) is 0 Å². The Kier molecular flexibility index (Phi) is 3.55. The van der Waals surface area contributed by atoms with Crippen molar-refractivity contribution in [1.29, 1.82) is 0 Å². The van der Waals surface area contributed by atoms with Crippen LogP contribution in [-0.4, -0.2) is 20.9 Å². The maximum absolute atomic E-state index is 10.9. The summed E-state index contributed by atoms with van der Waals surface area (Å²) in [6.07, 6.45) is 5.40. The normalized spacial score (nSPS) is 21.9. The van der Waals surface area contributed by atoms with Gasteiger partial charge in [-0.05, 0) is 24.7 Å². The lowest BCUT2D eigenvalue weighted by Gasteiger charge is -2.35. The third-order valence-corrected chi connectivity index (χ3v) is 3.53. The Labute approximate surface area is 111 Å². The molecule has 7 nitrogen and oxygen atoms in total. The number of nitrogens with one attached hydrogen (secondary N) is 1. The number of hydrogen-bond donors (Lipinski definition) is 2. The molecule has 0 aromatic carbocycles. The molecule has 0 aliphatic heterocycles. The van der Waals surface area contributed by atoms with E-state index in [1.807, 2.05) is 0 Å². The van der Waals surface area contributed by atoms with Gasteiger partial charge < -0.3 is 11.1 Å². The average Bonchev–Trinajstić information content (AvgIpc) is 2.27. The zero-order valence-electron chi connectivity index (χ0n) is 11.2.